The Bertz CT molecular complexity index is 493. The first-order chi connectivity index (χ1) is 11.0. The van der Waals surface area contributed by atoms with Crippen LogP contribution in [0.25, 0.3) is 0 Å². The second-order valence-corrected chi connectivity index (χ2v) is 8.44. The van der Waals surface area contributed by atoms with Crippen molar-refractivity contribution < 1.29 is 19.0 Å². The Morgan fingerprint density at radius 2 is 1.87 bits per heavy atom. The Balaban J connectivity index is 1.41. The molecule has 4 bridgehead atoms. The molecule has 5 rings (SSSR count). The van der Waals surface area contributed by atoms with E-state index in [1.807, 2.05) is 0 Å². The summed E-state index contributed by atoms with van der Waals surface area (Å²) in [5.41, 5.74) is 0.156. The number of ether oxygens (including phenoxy) is 3. The van der Waals surface area contributed by atoms with Crippen LogP contribution in [0.15, 0.2) is 12.2 Å². The van der Waals surface area contributed by atoms with E-state index in [0.717, 1.165) is 58.2 Å². The van der Waals surface area contributed by atoms with Gasteiger partial charge in [-0.05, 0) is 63.7 Å². The van der Waals surface area contributed by atoms with E-state index in [9.17, 15) is 4.79 Å². The van der Waals surface area contributed by atoms with E-state index >= 15 is 0 Å². The zero-order valence-corrected chi connectivity index (χ0v) is 14.1. The summed E-state index contributed by atoms with van der Waals surface area (Å²) < 4.78 is 17.6. The molecule has 4 nitrogen and oxygen atoms in total. The molecule has 1 heterocycles. The van der Waals surface area contributed by atoms with Gasteiger partial charge >= 0.3 is 5.97 Å². The average Bonchev–Trinajstić information content (AvgIpc) is 3.25. The van der Waals surface area contributed by atoms with E-state index in [-0.39, 0.29) is 17.2 Å². The summed E-state index contributed by atoms with van der Waals surface area (Å²) in [5, 5.41) is 0. The van der Waals surface area contributed by atoms with Crippen molar-refractivity contribution in [3.63, 3.8) is 0 Å². The number of epoxide rings is 1. The van der Waals surface area contributed by atoms with E-state index in [1.165, 1.54) is 6.42 Å². The van der Waals surface area contributed by atoms with Gasteiger partial charge in [0.25, 0.3) is 0 Å². The second-order valence-electron chi connectivity index (χ2n) is 8.44. The molecule has 0 N–H and O–H groups in total. The van der Waals surface area contributed by atoms with Crippen molar-refractivity contribution in [3.8, 4) is 0 Å². The Labute approximate surface area is 138 Å². The van der Waals surface area contributed by atoms with Crippen molar-refractivity contribution in [1.29, 1.82) is 0 Å². The van der Waals surface area contributed by atoms with Gasteiger partial charge in [-0.15, -0.1) is 0 Å². The zero-order valence-electron chi connectivity index (χ0n) is 14.1. The maximum Gasteiger partial charge on any atom is 0.333 e. The van der Waals surface area contributed by atoms with E-state index in [2.05, 4.69) is 6.58 Å². The second kappa shape index (κ2) is 5.59. The first-order valence-electron chi connectivity index (χ1n) is 9.12. The first kappa shape index (κ1) is 15.6. The molecule has 4 heteroatoms. The highest BCUT2D eigenvalue weighted by Crippen LogP contribution is 2.60. The number of rotatable bonds is 7. The monoisotopic (exact) mass is 320 g/mol. The fourth-order valence-electron chi connectivity index (χ4n) is 5.50. The quantitative estimate of drug-likeness (QED) is 0.312. The minimum Gasteiger partial charge on any atom is -0.456 e. The van der Waals surface area contributed by atoms with Crippen LogP contribution in [-0.4, -0.2) is 36.5 Å². The van der Waals surface area contributed by atoms with Crippen LogP contribution >= 0.6 is 0 Å². The molecule has 3 unspecified atom stereocenters. The molecule has 0 radical (unpaired) electrons. The van der Waals surface area contributed by atoms with Gasteiger partial charge in [0.1, 0.15) is 5.60 Å². The summed E-state index contributed by atoms with van der Waals surface area (Å²) in [7, 11) is 0. The molecule has 0 aromatic rings. The molecule has 0 spiro atoms. The highest BCUT2D eigenvalue weighted by atomic mass is 16.6. The lowest BCUT2D eigenvalue weighted by atomic mass is 9.52. The predicted octanol–water partition coefficient (Wildman–Crippen LogP) is 3.39. The van der Waals surface area contributed by atoms with Crippen LogP contribution in [0.1, 0.15) is 58.3 Å². The molecule has 3 atom stereocenters. The molecule has 4 aliphatic carbocycles. The average molecular weight is 320 g/mol. The number of carbonyl (C=O) groups is 1. The fraction of sp³-hybridized carbons (Fsp3) is 0.842. The maximum absolute atomic E-state index is 12.1. The fourth-order valence-corrected chi connectivity index (χ4v) is 5.50. The normalized spacial score (nSPS) is 43.4. The van der Waals surface area contributed by atoms with Crippen molar-refractivity contribution in [2.24, 2.45) is 11.8 Å². The van der Waals surface area contributed by atoms with E-state index in [0.29, 0.717) is 23.5 Å². The van der Waals surface area contributed by atoms with Crippen molar-refractivity contribution in [2.45, 2.75) is 75.6 Å². The van der Waals surface area contributed by atoms with Crippen LogP contribution in [0.2, 0.25) is 0 Å². The minimum absolute atomic E-state index is 0.0517. The van der Waals surface area contributed by atoms with Crippen LogP contribution in [-0.2, 0) is 19.0 Å². The van der Waals surface area contributed by atoms with Gasteiger partial charge in [-0.3, -0.25) is 0 Å². The molecule has 0 amide bonds. The van der Waals surface area contributed by atoms with Crippen molar-refractivity contribution in [1.82, 2.24) is 0 Å². The van der Waals surface area contributed by atoms with Gasteiger partial charge < -0.3 is 14.2 Å². The lowest BCUT2D eigenvalue weighted by Gasteiger charge is -2.60. The summed E-state index contributed by atoms with van der Waals surface area (Å²) in [6.45, 7) is 7.20. The molecular formula is C19H28O4. The van der Waals surface area contributed by atoms with Gasteiger partial charge in [-0.2, -0.15) is 0 Å². The van der Waals surface area contributed by atoms with Crippen molar-refractivity contribution in [3.05, 3.63) is 12.2 Å². The zero-order chi connectivity index (χ0) is 16.1. The molecular weight excluding hydrogens is 292 g/mol. The number of hydrogen-bond acceptors (Lipinski definition) is 4. The largest absolute Gasteiger partial charge is 0.456 e. The standard InChI is InChI=1S/C19H28O4/c1-13(2)17(20)23-19-9-14-6-15(10-19)8-18(7-14,12-19)22-5-3-4-16-11-21-16/h14-16H,1,3-12H2,2H3. The number of esters is 1. The topological polar surface area (TPSA) is 48.1 Å². The summed E-state index contributed by atoms with van der Waals surface area (Å²) in [4.78, 5) is 12.1. The third-order valence-corrected chi connectivity index (χ3v) is 6.09. The minimum atomic E-state index is -0.292. The van der Waals surface area contributed by atoms with Gasteiger partial charge in [-0.1, -0.05) is 6.58 Å². The summed E-state index contributed by atoms with van der Waals surface area (Å²) in [6.07, 6.45) is 9.16. The van der Waals surface area contributed by atoms with Crippen LogP contribution in [0, 0.1) is 11.8 Å². The third kappa shape index (κ3) is 3.20. The summed E-state index contributed by atoms with van der Waals surface area (Å²) in [6, 6.07) is 0. The molecule has 4 saturated carbocycles. The third-order valence-electron chi connectivity index (χ3n) is 6.09. The van der Waals surface area contributed by atoms with E-state index in [1.54, 1.807) is 6.92 Å². The SMILES string of the molecule is C=C(C)C(=O)OC12CC3CC(CC(OCCCC4CO4)(C3)C1)C2. The Morgan fingerprint density at radius 3 is 2.48 bits per heavy atom. The molecule has 128 valence electrons. The van der Waals surface area contributed by atoms with Crippen LogP contribution in [0.3, 0.4) is 0 Å². The number of carbonyl (C=O) groups excluding carboxylic acids is 1. The van der Waals surface area contributed by atoms with Gasteiger partial charge in [-0.25, -0.2) is 4.79 Å². The highest BCUT2D eigenvalue weighted by molar-refractivity contribution is 5.87. The number of hydrogen-bond donors (Lipinski definition) is 0. The molecule has 1 saturated heterocycles. The summed E-state index contributed by atoms with van der Waals surface area (Å²) >= 11 is 0. The van der Waals surface area contributed by atoms with Crippen LogP contribution in [0.5, 0.6) is 0 Å². The van der Waals surface area contributed by atoms with Gasteiger partial charge in [0.15, 0.2) is 0 Å². The molecule has 5 aliphatic rings. The van der Waals surface area contributed by atoms with Gasteiger partial charge in [0, 0.05) is 18.6 Å². The van der Waals surface area contributed by atoms with E-state index in [4.69, 9.17) is 14.2 Å². The van der Waals surface area contributed by atoms with E-state index < -0.39 is 0 Å². The molecule has 0 aromatic carbocycles. The van der Waals surface area contributed by atoms with Gasteiger partial charge in [0.2, 0.25) is 0 Å². The molecule has 0 aromatic heterocycles. The Kier molecular flexibility index (Phi) is 3.80. The molecule has 23 heavy (non-hydrogen) atoms. The summed E-state index contributed by atoms with van der Waals surface area (Å²) in [5.74, 6) is 1.08. The lowest BCUT2D eigenvalue weighted by molar-refractivity contribution is -0.232. The lowest BCUT2D eigenvalue weighted by Crippen LogP contribution is -2.61. The maximum atomic E-state index is 12.1. The van der Waals surface area contributed by atoms with Crippen LogP contribution < -0.4 is 0 Å². The smallest absolute Gasteiger partial charge is 0.333 e. The Hall–Kier alpha value is -0.870. The van der Waals surface area contributed by atoms with Gasteiger partial charge in [0.05, 0.1) is 18.3 Å². The Morgan fingerprint density at radius 1 is 1.22 bits per heavy atom. The predicted molar refractivity (Wildman–Crippen MR) is 86.0 cm³/mol. The van der Waals surface area contributed by atoms with Crippen LogP contribution in [0.4, 0.5) is 0 Å². The van der Waals surface area contributed by atoms with Crippen molar-refractivity contribution in [2.75, 3.05) is 13.2 Å². The van der Waals surface area contributed by atoms with Crippen molar-refractivity contribution >= 4 is 5.97 Å². The molecule has 5 fully saturated rings. The first-order valence-corrected chi connectivity index (χ1v) is 9.12. The highest BCUT2D eigenvalue weighted by Gasteiger charge is 2.60. The molecule has 1 aliphatic heterocycles.